The number of carbonyl (C=O) groups excluding carboxylic acids is 2. The summed E-state index contributed by atoms with van der Waals surface area (Å²) in [4.78, 5) is 26.0. The number of ether oxygens (including phenoxy) is 1. The molecule has 6 nitrogen and oxygen atoms in total. The van der Waals surface area contributed by atoms with Gasteiger partial charge in [-0.25, -0.2) is 0 Å². The van der Waals surface area contributed by atoms with E-state index in [-0.39, 0.29) is 24.9 Å². The standard InChI is InChI=1S/C50H91NO5/c1-4-7-10-13-16-19-22-23-24-25-26-28-31-34-37-40-43-50(55)56-46(41-38-35-32-29-27-20-17-14-11-8-5-2)44-49(54)51-47(45-52)48(53)42-39-36-33-30-21-18-15-12-9-6-3/h7,10,16,19,23-24,26,28,46-48,52-53H,4-6,8-9,11-15,17-18,20-22,25,27,29-45H2,1-3H3,(H,51,54)/b10-7+,19-16+,24-23+,28-26+. The molecule has 0 aliphatic rings. The minimum atomic E-state index is -0.790. The molecule has 56 heavy (non-hydrogen) atoms. The molecule has 0 saturated carbocycles. The lowest BCUT2D eigenvalue weighted by Crippen LogP contribution is -2.46. The summed E-state index contributed by atoms with van der Waals surface area (Å²) in [6.07, 6.45) is 51.7. The van der Waals surface area contributed by atoms with Crippen molar-refractivity contribution in [2.75, 3.05) is 6.61 Å². The zero-order valence-corrected chi connectivity index (χ0v) is 37.0. The van der Waals surface area contributed by atoms with E-state index in [2.05, 4.69) is 74.7 Å². The average molecular weight is 786 g/mol. The van der Waals surface area contributed by atoms with Gasteiger partial charge in [-0.15, -0.1) is 0 Å². The zero-order valence-electron chi connectivity index (χ0n) is 37.0. The first-order chi connectivity index (χ1) is 27.5. The van der Waals surface area contributed by atoms with Crippen molar-refractivity contribution in [2.45, 2.75) is 251 Å². The molecule has 0 saturated heterocycles. The summed E-state index contributed by atoms with van der Waals surface area (Å²) < 4.78 is 5.90. The number of unbranched alkanes of at least 4 members (excludes halogenated alkanes) is 22. The Bertz CT molecular complexity index is 972. The van der Waals surface area contributed by atoms with E-state index in [4.69, 9.17) is 4.74 Å². The summed E-state index contributed by atoms with van der Waals surface area (Å²) in [6, 6.07) is -0.704. The summed E-state index contributed by atoms with van der Waals surface area (Å²) in [6.45, 7) is 6.34. The Morgan fingerprint density at radius 2 is 0.964 bits per heavy atom. The molecule has 0 radical (unpaired) electrons. The Hall–Kier alpha value is -2.18. The molecule has 3 atom stereocenters. The largest absolute Gasteiger partial charge is 0.462 e. The van der Waals surface area contributed by atoms with E-state index in [0.717, 1.165) is 83.5 Å². The second-order valence-corrected chi connectivity index (χ2v) is 16.1. The van der Waals surface area contributed by atoms with Gasteiger partial charge in [0.05, 0.1) is 25.2 Å². The maximum atomic E-state index is 13.1. The Balaban J connectivity index is 4.61. The normalized spacial score (nSPS) is 13.7. The van der Waals surface area contributed by atoms with Crippen molar-refractivity contribution in [1.82, 2.24) is 5.32 Å². The number of carbonyl (C=O) groups is 2. The lowest BCUT2D eigenvalue weighted by Gasteiger charge is -2.24. The highest BCUT2D eigenvalue weighted by molar-refractivity contribution is 5.77. The van der Waals surface area contributed by atoms with Crippen LogP contribution in [-0.4, -0.2) is 46.9 Å². The van der Waals surface area contributed by atoms with Crippen molar-refractivity contribution in [3.8, 4) is 0 Å². The fourth-order valence-corrected chi connectivity index (χ4v) is 7.07. The smallest absolute Gasteiger partial charge is 0.306 e. The van der Waals surface area contributed by atoms with E-state index in [1.54, 1.807) is 0 Å². The van der Waals surface area contributed by atoms with Crippen LogP contribution in [0, 0.1) is 0 Å². The van der Waals surface area contributed by atoms with E-state index in [1.807, 2.05) is 0 Å². The number of aliphatic hydroxyl groups is 2. The van der Waals surface area contributed by atoms with Gasteiger partial charge < -0.3 is 20.3 Å². The molecule has 0 aliphatic heterocycles. The molecule has 1 amide bonds. The molecule has 3 unspecified atom stereocenters. The number of aliphatic hydroxyl groups excluding tert-OH is 2. The van der Waals surface area contributed by atoms with Crippen molar-refractivity contribution in [3.63, 3.8) is 0 Å². The van der Waals surface area contributed by atoms with Crippen molar-refractivity contribution in [1.29, 1.82) is 0 Å². The van der Waals surface area contributed by atoms with Crippen LogP contribution in [0.5, 0.6) is 0 Å². The topological polar surface area (TPSA) is 95.9 Å². The molecule has 0 fully saturated rings. The van der Waals surface area contributed by atoms with Gasteiger partial charge in [0, 0.05) is 6.42 Å². The monoisotopic (exact) mass is 786 g/mol. The first kappa shape index (κ1) is 53.8. The van der Waals surface area contributed by atoms with Gasteiger partial charge in [-0.05, 0) is 64.2 Å². The van der Waals surface area contributed by atoms with Gasteiger partial charge in [0.15, 0.2) is 0 Å². The lowest BCUT2D eigenvalue weighted by atomic mass is 10.0. The van der Waals surface area contributed by atoms with E-state index in [9.17, 15) is 19.8 Å². The number of hydrogen-bond acceptors (Lipinski definition) is 5. The number of amides is 1. The van der Waals surface area contributed by atoms with Crippen molar-refractivity contribution in [3.05, 3.63) is 48.6 Å². The molecule has 326 valence electrons. The number of allylic oxidation sites excluding steroid dienone is 8. The zero-order chi connectivity index (χ0) is 41.0. The minimum absolute atomic E-state index is 0.0663. The van der Waals surface area contributed by atoms with Crippen LogP contribution in [0.4, 0.5) is 0 Å². The first-order valence-corrected chi connectivity index (χ1v) is 23.9. The van der Waals surface area contributed by atoms with Gasteiger partial charge in [-0.3, -0.25) is 9.59 Å². The van der Waals surface area contributed by atoms with Crippen LogP contribution in [0.25, 0.3) is 0 Å². The van der Waals surface area contributed by atoms with Crippen LogP contribution >= 0.6 is 0 Å². The Labute approximate surface area is 346 Å². The highest BCUT2D eigenvalue weighted by Gasteiger charge is 2.24. The average Bonchev–Trinajstić information content (AvgIpc) is 3.19. The van der Waals surface area contributed by atoms with E-state index in [1.165, 1.54) is 103 Å². The fourth-order valence-electron chi connectivity index (χ4n) is 7.07. The second-order valence-electron chi connectivity index (χ2n) is 16.1. The van der Waals surface area contributed by atoms with Crippen molar-refractivity contribution < 1.29 is 24.5 Å². The number of rotatable bonds is 42. The van der Waals surface area contributed by atoms with Gasteiger partial charge in [-0.2, -0.15) is 0 Å². The van der Waals surface area contributed by atoms with Crippen LogP contribution in [0.15, 0.2) is 48.6 Å². The molecule has 0 aromatic heterocycles. The third-order valence-corrected chi connectivity index (χ3v) is 10.7. The number of esters is 1. The summed E-state index contributed by atoms with van der Waals surface area (Å²) in [5.74, 6) is -0.508. The van der Waals surface area contributed by atoms with Crippen LogP contribution in [0.2, 0.25) is 0 Å². The predicted octanol–water partition coefficient (Wildman–Crippen LogP) is 13.9. The first-order valence-electron chi connectivity index (χ1n) is 23.9. The molecular weight excluding hydrogens is 695 g/mol. The van der Waals surface area contributed by atoms with Gasteiger partial charge in [0.1, 0.15) is 6.10 Å². The molecular formula is C50H91NO5. The molecule has 6 heteroatoms. The number of nitrogens with one attached hydrogen (secondary N) is 1. The molecule has 0 heterocycles. The summed E-state index contributed by atoms with van der Waals surface area (Å²) in [5.41, 5.74) is 0. The molecule has 0 bridgehead atoms. The maximum absolute atomic E-state index is 13.1. The van der Waals surface area contributed by atoms with Gasteiger partial charge in [0.2, 0.25) is 5.91 Å². The van der Waals surface area contributed by atoms with Crippen LogP contribution in [-0.2, 0) is 14.3 Å². The SMILES string of the molecule is CC/C=C/C/C=C/C/C=C/C/C=C/CCCCCC(=O)OC(CCCCCCCCCCCCC)CC(=O)NC(CO)C(O)CCCCCCCCCCCC. The summed E-state index contributed by atoms with van der Waals surface area (Å²) in [7, 11) is 0. The van der Waals surface area contributed by atoms with E-state index in [0.29, 0.717) is 19.3 Å². The van der Waals surface area contributed by atoms with Crippen LogP contribution in [0.3, 0.4) is 0 Å². The van der Waals surface area contributed by atoms with E-state index >= 15 is 0 Å². The lowest BCUT2D eigenvalue weighted by molar-refractivity contribution is -0.151. The van der Waals surface area contributed by atoms with Crippen molar-refractivity contribution >= 4 is 11.9 Å². The van der Waals surface area contributed by atoms with Gasteiger partial charge in [-0.1, -0.05) is 204 Å². The molecule has 0 aromatic carbocycles. The minimum Gasteiger partial charge on any atom is -0.462 e. The van der Waals surface area contributed by atoms with E-state index < -0.39 is 18.2 Å². The third-order valence-electron chi connectivity index (χ3n) is 10.7. The summed E-state index contributed by atoms with van der Waals surface area (Å²) in [5, 5.41) is 23.6. The van der Waals surface area contributed by atoms with Gasteiger partial charge in [0.25, 0.3) is 0 Å². The quantitative estimate of drug-likeness (QED) is 0.0325. The fraction of sp³-hybridized carbons (Fsp3) is 0.800. The predicted molar refractivity (Wildman–Crippen MR) is 241 cm³/mol. The molecule has 0 aromatic rings. The van der Waals surface area contributed by atoms with Crippen LogP contribution < -0.4 is 5.32 Å². The molecule has 0 aliphatic carbocycles. The number of hydrogen-bond donors (Lipinski definition) is 3. The molecule has 3 N–H and O–H groups in total. The van der Waals surface area contributed by atoms with Crippen LogP contribution in [0.1, 0.15) is 233 Å². The highest BCUT2D eigenvalue weighted by Crippen LogP contribution is 2.17. The Morgan fingerprint density at radius 1 is 0.536 bits per heavy atom. The molecule has 0 spiro atoms. The third kappa shape index (κ3) is 38.7. The second kappa shape index (κ2) is 43.9. The molecule has 0 rings (SSSR count). The maximum Gasteiger partial charge on any atom is 0.306 e. The Kier molecular flexibility index (Phi) is 42.2. The summed E-state index contributed by atoms with van der Waals surface area (Å²) >= 11 is 0. The highest BCUT2D eigenvalue weighted by atomic mass is 16.5. The Morgan fingerprint density at radius 3 is 1.45 bits per heavy atom. The van der Waals surface area contributed by atoms with Crippen molar-refractivity contribution in [2.24, 2.45) is 0 Å². The van der Waals surface area contributed by atoms with Gasteiger partial charge >= 0.3 is 5.97 Å².